The highest BCUT2D eigenvalue weighted by atomic mass is 16.5. The third-order valence-corrected chi connectivity index (χ3v) is 2.92. The lowest BCUT2D eigenvalue weighted by atomic mass is 9.92. The number of carboxylic acid groups (broad SMARTS) is 1. The minimum Gasteiger partial charge on any atom is -0.478 e. The molecule has 1 aliphatic rings. The molecule has 0 unspecified atom stereocenters. The Balaban J connectivity index is 2.15. The van der Waals surface area contributed by atoms with Crippen LogP contribution >= 0.6 is 0 Å². The quantitative estimate of drug-likeness (QED) is 0.794. The number of hydrogen-bond acceptors (Lipinski definition) is 4. The van der Waals surface area contributed by atoms with Crippen molar-refractivity contribution in [2.75, 3.05) is 20.1 Å². The monoisotopic (exact) mass is 210 g/mol. The van der Waals surface area contributed by atoms with Gasteiger partial charge in [-0.1, -0.05) is 5.16 Å². The molecule has 2 rings (SSSR count). The summed E-state index contributed by atoms with van der Waals surface area (Å²) < 4.78 is 5.05. The maximum Gasteiger partial charge on any atom is 0.340 e. The Kier molecular flexibility index (Phi) is 2.73. The van der Waals surface area contributed by atoms with Crippen LogP contribution in [0.25, 0.3) is 0 Å². The van der Waals surface area contributed by atoms with Crippen LogP contribution in [0.3, 0.4) is 0 Å². The Bertz CT molecular complexity index is 353. The van der Waals surface area contributed by atoms with Gasteiger partial charge in [0.1, 0.15) is 5.56 Å². The second-order valence-corrected chi connectivity index (χ2v) is 3.99. The maximum absolute atomic E-state index is 10.9. The zero-order valence-corrected chi connectivity index (χ0v) is 8.64. The lowest BCUT2D eigenvalue weighted by molar-refractivity contribution is 0.0692. The van der Waals surface area contributed by atoms with Gasteiger partial charge in [-0.15, -0.1) is 0 Å². The zero-order chi connectivity index (χ0) is 10.8. The minimum absolute atomic E-state index is 0.204. The van der Waals surface area contributed by atoms with E-state index in [4.69, 9.17) is 9.63 Å². The van der Waals surface area contributed by atoms with Gasteiger partial charge in [0.25, 0.3) is 0 Å². The van der Waals surface area contributed by atoms with Gasteiger partial charge in [-0.05, 0) is 33.0 Å². The van der Waals surface area contributed by atoms with Crippen molar-refractivity contribution in [2.45, 2.75) is 18.8 Å². The van der Waals surface area contributed by atoms with Crippen LogP contribution < -0.4 is 0 Å². The highest BCUT2D eigenvalue weighted by Crippen LogP contribution is 2.29. The van der Waals surface area contributed by atoms with Crippen molar-refractivity contribution in [2.24, 2.45) is 0 Å². The zero-order valence-electron chi connectivity index (χ0n) is 8.64. The molecule has 1 fully saturated rings. The van der Waals surface area contributed by atoms with Gasteiger partial charge in [0.05, 0.1) is 6.20 Å². The van der Waals surface area contributed by atoms with Gasteiger partial charge in [-0.25, -0.2) is 4.79 Å². The standard InChI is InChI=1S/C10H14N2O3/c1-12-4-2-7(3-5-12)9-8(10(13)14)6-11-15-9/h6-7H,2-5H2,1H3,(H,13,14). The first-order valence-corrected chi connectivity index (χ1v) is 5.05. The number of aromatic nitrogens is 1. The molecule has 1 aromatic rings. The number of carbonyl (C=O) groups is 1. The number of likely N-dealkylation sites (tertiary alicyclic amines) is 1. The van der Waals surface area contributed by atoms with Crippen molar-refractivity contribution in [1.82, 2.24) is 10.1 Å². The Morgan fingerprint density at radius 3 is 2.87 bits per heavy atom. The molecule has 1 saturated heterocycles. The Hall–Kier alpha value is -1.36. The molecule has 0 spiro atoms. The largest absolute Gasteiger partial charge is 0.478 e. The third kappa shape index (κ3) is 2.02. The van der Waals surface area contributed by atoms with Gasteiger partial charge < -0.3 is 14.5 Å². The average Bonchev–Trinajstić information content (AvgIpc) is 2.67. The van der Waals surface area contributed by atoms with Gasteiger partial charge in [-0.2, -0.15) is 0 Å². The van der Waals surface area contributed by atoms with Crippen LogP contribution in [0, 0.1) is 0 Å². The molecule has 1 aromatic heterocycles. The predicted octanol–water partition coefficient (Wildman–Crippen LogP) is 1.18. The van der Waals surface area contributed by atoms with E-state index in [1.165, 1.54) is 6.20 Å². The van der Waals surface area contributed by atoms with Crippen LogP contribution in [0.4, 0.5) is 0 Å². The fourth-order valence-corrected chi connectivity index (χ4v) is 1.97. The molecule has 0 bridgehead atoms. The molecule has 15 heavy (non-hydrogen) atoms. The van der Waals surface area contributed by atoms with Crippen LogP contribution in [0.15, 0.2) is 10.7 Å². The molecule has 0 saturated carbocycles. The van der Waals surface area contributed by atoms with Gasteiger partial charge in [0.2, 0.25) is 0 Å². The summed E-state index contributed by atoms with van der Waals surface area (Å²) in [5.74, 6) is -0.212. The van der Waals surface area contributed by atoms with E-state index in [9.17, 15) is 4.79 Å². The average molecular weight is 210 g/mol. The van der Waals surface area contributed by atoms with Crippen LogP contribution in [0.2, 0.25) is 0 Å². The van der Waals surface area contributed by atoms with Crippen molar-refractivity contribution < 1.29 is 14.4 Å². The Morgan fingerprint density at radius 2 is 2.27 bits per heavy atom. The highest BCUT2D eigenvalue weighted by Gasteiger charge is 2.26. The normalized spacial score (nSPS) is 19.3. The molecule has 5 nitrogen and oxygen atoms in total. The van der Waals surface area contributed by atoms with Crippen molar-refractivity contribution in [3.05, 3.63) is 17.5 Å². The lowest BCUT2D eigenvalue weighted by Gasteiger charge is -2.27. The topological polar surface area (TPSA) is 66.6 Å². The molecule has 0 atom stereocenters. The van der Waals surface area contributed by atoms with E-state index in [1.54, 1.807) is 0 Å². The lowest BCUT2D eigenvalue weighted by Crippen LogP contribution is -2.29. The van der Waals surface area contributed by atoms with E-state index in [0.29, 0.717) is 5.76 Å². The smallest absolute Gasteiger partial charge is 0.340 e. The molecule has 82 valence electrons. The second-order valence-electron chi connectivity index (χ2n) is 3.99. The van der Waals surface area contributed by atoms with E-state index in [2.05, 4.69) is 17.1 Å². The first kappa shape index (κ1) is 10.2. The molecular weight excluding hydrogens is 196 g/mol. The summed E-state index contributed by atoms with van der Waals surface area (Å²) in [6.45, 7) is 1.95. The van der Waals surface area contributed by atoms with E-state index in [-0.39, 0.29) is 11.5 Å². The number of rotatable bonds is 2. The van der Waals surface area contributed by atoms with Crippen molar-refractivity contribution in [1.29, 1.82) is 0 Å². The predicted molar refractivity (Wildman–Crippen MR) is 52.9 cm³/mol. The van der Waals surface area contributed by atoms with Crippen molar-refractivity contribution in [3.8, 4) is 0 Å². The summed E-state index contributed by atoms with van der Waals surface area (Å²) in [7, 11) is 2.06. The minimum atomic E-state index is -0.954. The first-order chi connectivity index (χ1) is 7.18. The van der Waals surface area contributed by atoms with Gasteiger partial charge in [-0.3, -0.25) is 0 Å². The summed E-state index contributed by atoms with van der Waals surface area (Å²) in [6, 6.07) is 0. The Morgan fingerprint density at radius 1 is 1.60 bits per heavy atom. The first-order valence-electron chi connectivity index (χ1n) is 5.05. The van der Waals surface area contributed by atoms with Gasteiger partial charge in [0, 0.05) is 5.92 Å². The SMILES string of the molecule is CN1CCC(c2oncc2C(=O)O)CC1. The summed E-state index contributed by atoms with van der Waals surface area (Å²) in [4.78, 5) is 13.1. The van der Waals surface area contributed by atoms with Crippen molar-refractivity contribution in [3.63, 3.8) is 0 Å². The number of aromatic carboxylic acids is 1. The van der Waals surface area contributed by atoms with Gasteiger partial charge in [0.15, 0.2) is 5.76 Å². The molecule has 1 aliphatic heterocycles. The molecular formula is C10H14N2O3. The van der Waals surface area contributed by atoms with Crippen LogP contribution in [-0.2, 0) is 0 Å². The fourth-order valence-electron chi connectivity index (χ4n) is 1.97. The molecule has 5 heteroatoms. The highest BCUT2D eigenvalue weighted by molar-refractivity contribution is 5.88. The molecule has 0 aliphatic carbocycles. The summed E-state index contributed by atoms with van der Waals surface area (Å²) in [5, 5.41) is 12.5. The van der Waals surface area contributed by atoms with Gasteiger partial charge >= 0.3 is 5.97 Å². The third-order valence-electron chi connectivity index (χ3n) is 2.92. The number of carboxylic acids is 1. The number of piperidine rings is 1. The Labute approximate surface area is 87.7 Å². The van der Waals surface area contributed by atoms with Crippen LogP contribution in [-0.4, -0.2) is 41.3 Å². The molecule has 2 heterocycles. The van der Waals surface area contributed by atoms with Crippen LogP contribution in [0.1, 0.15) is 34.9 Å². The maximum atomic E-state index is 10.9. The molecule has 0 amide bonds. The fraction of sp³-hybridized carbons (Fsp3) is 0.600. The van der Waals surface area contributed by atoms with E-state index >= 15 is 0 Å². The van der Waals surface area contributed by atoms with Crippen molar-refractivity contribution >= 4 is 5.97 Å². The van der Waals surface area contributed by atoms with Crippen LogP contribution in [0.5, 0.6) is 0 Å². The second kappa shape index (κ2) is 4.02. The van der Waals surface area contributed by atoms with E-state index < -0.39 is 5.97 Å². The summed E-state index contributed by atoms with van der Waals surface area (Å²) in [6.07, 6.45) is 3.16. The summed E-state index contributed by atoms with van der Waals surface area (Å²) >= 11 is 0. The summed E-state index contributed by atoms with van der Waals surface area (Å²) in [5.41, 5.74) is 0.213. The van der Waals surface area contributed by atoms with E-state index in [0.717, 1.165) is 25.9 Å². The molecule has 0 radical (unpaired) electrons. The molecule has 1 N–H and O–H groups in total. The number of hydrogen-bond donors (Lipinski definition) is 1. The molecule has 0 aromatic carbocycles. The number of nitrogens with zero attached hydrogens (tertiary/aromatic N) is 2. The van der Waals surface area contributed by atoms with E-state index in [1.807, 2.05) is 0 Å².